The SMILES string of the molecule is O=C(C[C@@H]1N[C@@H]2CCCC[C@@H]2NC1=O)Nc1cc(Cl)ccc1Cl. The highest BCUT2D eigenvalue weighted by Crippen LogP contribution is 2.26. The summed E-state index contributed by atoms with van der Waals surface area (Å²) in [5, 5.41) is 9.96. The molecule has 1 saturated carbocycles. The molecule has 1 aliphatic carbocycles. The first-order valence-electron chi connectivity index (χ1n) is 7.84. The Balaban J connectivity index is 1.61. The molecule has 2 amide bonds. The van der Waals surface area contributed by atoms with Crippen LogP contribution in [0.3, 0.4) is 0 Å². The summed E-state index contributed by atoms with van der Waals surface area (Å²) >= 11 is 11.9. The van der Waals surface area contributed by atoms with Crippen LogP contribution in [0.25, 0.3) is 0 Å². The molecule has 0 aromatic heterocycles. The van der Waals surface area contributed by atoms with Crippen LogP contribution in [0.4, 0.5) is 5.69 Å². The maximum atomic E-state index is 12.2. The van der Waals surface area contributed by atoms with E-state index in [0.717, 1.165) is 25.7 Å². The fraction of sp³-hybridized carbons (Fsp3) is 0.500. The average Bonchev–Trinajstić information content (AvgIpc) is 2.51. The van der Waals surface area contributed by atoms with Crippen LogP contribution in [0.1, 0.15) is 32.1 Å². The van der Waals surface area contributed by atoms with Crippen LogP contribution in [-0.4, -0.2) is 29.9 Å². The lowest BCUT2D eigenvalue weighted by Crippen LogP contribution is -2.65. The quantitative estimate of drug-likeness (QED) is 0.780. The topological polar surface area (TPSA) is 70.2 Å². The molecule has 7 heteroatoms. The van der Waals surface area contributed by atoms with Gasteiger partial charge in [0.1, 0.15) is 0 Å². The van der Waals surface area contributed by atoms with Gasteiger partial charge in [0, 0.05) is 17.1 Å². The molecule has 1 heterocycles. The molecular weight excluding hydrogens is 337 g/mol. The van der Waals surface area contributed by atoms with Crippen molar-refractivity contribution in [1.29, 1.82) is 0 Å². The molecule has 3 rings (SSSR count). The number of rotatable bonds is 3. The van der Waals surface area contributed by atoms with Gasteiger partial charge in [-0.2, -0.15) is 0 Å². The largest absolute Gasteiger partial charge is 0.350 e. The summed E-state index contributed by atoms with van der Waals surface area (Å²) in [6.45, 7) is 0. The van der Waals surface area contributed by atoms with Gasteiger partial charge in [0.15, 0.2) is 0 Å². The van der Waals surface area contributed by atoms with E-state index in [1.54, 1.807) is 18.2 Å². The Kier molecular flexibility index (Phi) is 5.09. The van der Waals surface area contributed by atoms with E-state index in [-0.39, 0.29) is 30.3 Å². The van der Waals surface area contributed by atoms with E-state index in [2.05, 4.69) is 16.0 Å². The Bertz CT molecular complexity index is 623. The van der Waals surface area contributed by atoms with Gasteiger partial charge in [-0.3, -0.25) is 9.59 Å². The zero-order chi connectivity index (χ0) is 16.4. The summed E-state index contributed by atoms with van der Waals surface area (Å²) in [6, 6.07) is 4.81. The molecule has 3 N–H and O–H groups in total. The van der Waals surface area contributed by atoms with Gasteiger partial charge >= 0.3 is 0 Å². The second-order valence-corrected chi connectivity index (χ2v) is 6.95. The van der Waals surface area contributed by atoms with Crippen molar-refractivity contribution < 1.29 is 9.59 Å². The van der Waals surface area contributed by atoms with E-state index in [1.807, 2.05) is 0 Å². The summed E-state index contributed by atoms with van der Waals surface area (Å²) in [6.07, 6.45) is 4.39. The molecule has 0 radical (unpaired) electrons. The minimum absolute atomic E-state index is 0.0674. The predicted octanol–water partition coefficient (Wildman–Crippen LogP) is 2.72. The molecule has 0 bridgehead atoms. The highest BCUT2D eigenvalue weighted by atomic mass is 35.5. The van der Waals surface area contributed by atoms with Crippen molar-refractivity contribution in [2.75, 3.05) is 5.32 Å². The van der Waals surface area contributed by atoms with E-state index >= 15 is 0 Å². The first kappa shape index (κ1) is 16.6. The first-order valence-corrected chi connectivity index (χ1v) is 8.60. The van der Waals surface area contributed by atoms with Gasteiger partial charge in [0.2, 0.25) is 11.8 Å². The maximum Gasteiger partial charge on any atom is 0.237 e. The fourth-order valence-electron chi connectivity index (χ4n) is 3.25. The van der Waals surface area contributed by atoms with Crippen molar-refractivity contribution in [2.24, 2.45) is 0 Å². The van der Waals surface area contributed by atoms with Crippen LogP contribution in [0.5, 0.6) is 0 Å². The number of carbonyl (C=O) groups excluding carboxylic acids is 2. The van der Waals surface area contributed by atoms with Gasteiger partial charge in [-0.1, -0.05) is 36.0 Å². The van der Waals surface area contributed by atoms with Crippen LogP contribution in [0, 0.1) is 0 Å². The number of hydrogen-bond donors (Lipinski definition) is 3. The lowest BCUT2D eigenvalue weighted by atomic mass is 9.87. The van der Waals surface area contributed by atoms with Crippen molar-refractivity contribution >= 4 is 40.7 Å². The van der Waals surface area contributed by atoms with Gasteiger partial charge in [0.25, 0.3) is 0 Å². The van der Waals surface area contributed by atoms with Crippen LogP contribution in [0.2, 0.25) is 10.0 Å². The normalized spacial score (nSPS) is 27.0. The second-order valence-electron chi connectivity index (χ2n) is 6.10. The van der Waals surface area contributed by atoms with E-state index in [1.165, 1.54) is 0 Å². The molecule has 1 saturated heterocycles. The minimum Gasteiger partial charge on any atom is -0.350 e. The molecular formula is C16H19Cl2N3O2. The van der Waals surface area contributed by atoms with E-state index in [0.29, 0.717) is 15.7 Å². The number of halogens is 2. The minimum atomic E-state index is -0.507. The summed E-state index contributed by atoms with van der Waals surface area (Å²) in [5.74, 6) is -0.378. The fourth-order valence-corrected chi connectivity index (χ4v) is 3.59. The summed E-state index contributed by atoms with van der Waals surface area (Å²) in [5.41, 5.74) is 0.455. The van der Waals surface area contributed by atoms with Crippen molar-refractivity contribution in [3.8, 4) is 0 Å². The number of benzene rings is 1. The van der Waals surface area contributed by atoms with Crippen molar-refractivity contribution in [1.82, 2.24) is 10.6 Å². The number of hydrogen-bond acceptors (Lipinski definition) is 3. The summed E-state index contributed by atoms with van der Waals surface area (Å²) in [4.78, 5) is 24.4. The van der Waals surface area contributed by atoms with Gasteiger partial charge in [-0.15, -0.1) is 0 Å². The molecule has 1 aromatic rings. The first-order chi connectivity index (χ1) is 11.0. The number of fused-ring (bicyclic) bond motifs is 1. The highest BCUT2D eigenvalue weighted by molar-refractivity contribution is 6.35. The molecule has 1 aromatic carbocycles. The molecule has 1 aliphatic heterocycles. The van der Waals surface area contributed by atoms with Crippen molar-refractivity contribution in [3.63, 3.8) is 0 Å². The Morgan fingerprint density at radius 1 is 1.22 bits per heavy atom. The zero-order valence-corrected chi connectivity index (χ0v) is 14.1. The van der Waals surface area contributed by atoms with Crippen LogP contribution < -0.4 is 16.0 Å². The van der Waals surface area contributed by atoms with Crippen molar-refractivity contribution in [3.05, 3.63) is 28.2 Å². The van der Waals surface area contributed by atoms with Crippen LogP contribution >= 0.6 is 23.2 Å². The van der Waals surface area contributed by atoms with Gasteiger partial charge in [-0.05, 0) is 31.0 Å². The van der Waals surface area contributed by atoms with Crippen LogP contribution in [-0.2, 0) is 9.59 Å². The van der Waals surface area contributed by atoms with Gasteiger partial charge in [0.05, 0.1) is 23.2 Å². The number of nitrogens with one attached hydrogen (secondary N) is 3. The Hall–Kier alpha value is -1.30. The predicted molar refractivity (Wildman–Crippen MR) is 90.8 cm³/mol. The van der Waals surface area contributed by atoms with Gasteiger partial charge < -0.3 is 16.0 Å². The lowest BCUT2D eigenvalue weighted by Gasteiger charge is -2.40. The molecule has 0 unspecified atom stereocenters. The lowest BCUT2D eigenvalue weighted by molar-refractivity contribution is -0.129. The molecule has 3 atom stereocenters. The van der Waals surface area contributed by atoms with Crippen LogP contribution in [0.15, 0.2) is 18.2 Å². The van der Waals surface area contributed by atoms with E-state index in [9.17, 15) is 9.59 Å². The number of amides is 2. The monoisotopic (exact) mass is 355 g/mol. The molecule has 23 heavy (non-hydrogen) atoms. The van der Waals surface area contributed by atoms with E-state index in [4.69, 9.17) is 23.2 Å². The number of carbonyl (C=O) groups is 2. The third-order valence-corrected chi connectivity index (χ3v) is 4.98. The molecule has 124 valence electrons. The summed E-state index contributed by atoms with van der Waals surface area (Å²) in [7, 11) is 0. The molecule has 5 nitrogen and oxygen atoms in total. The van der Waals surface area contributed by atoms with Crippen molar-refractivity contribution in [2.45, 2.75) is 50.2 Å². The molecule has 2 aliphatic rings. The summed E-state index contributed by atoms with van der Waals surface area (Å²) < 4.78 is 0. The van der Waals surface area contributed by atoms with E-state index < -0.39 is 6.04 Å². The Labute approximate surface area is 145 Å². The molecule has 2 fully saturated rings. The third-order valence-electron chi connectivity index (χ3n) is 4.42. The van der Waals surface area contributed by atoms with Gasteiger partial charge in [-0.25, -0.2) is 0 Å². The molecule has 0 spiro atoms. The number of piperazine rings is 1. The highest BCUT2D eigenvalue weighted by Gasteiger charge is 2.36. The Morgan fingerprint density at radius 3 is 2.74 bits per heavy atom. The third kappa shape index (κ3) is 3.97. The maximum absolute atomic E-state index is 12.2. The Morgan fingerprint density at radius 2 is 1.96 bits per heavy atom. The zero-order valence-electron chi connectivity index (χ0n) is 12.6. The average molecular weight is 356 g/mol. The standard InChI is InChI=1S/C16H19Cl2N3O2/c17-9-5-6-10(18)13(7-9)20-15(22)8-14-16(23)21-12-4-2-1-3-11(12)19-14/h5-7,11-12,14,19H,1-4,8H2,(H,20,22)(H,21,23)/t11-,12+,14+/m1/s1. The number of anilines is 1. The second kappa shape index (κ2) is 7.07. The smallest absolute Gasteiger partial charge is 0.237 e.